The number of aromatic nitrogens is 2. The lowest BCUT2D eigenvalue weighted by Gasteiger charge is -1.98. The van der Waals surface area contributed by atoms with E-state index in [-0.39, 0.29) is 11.4 Å². The first-order valence-corrected chi connectivity index (χ1v) is 4.31. The number of carboxylic acid groups (broad SMARTS) is 1. The SMILES string of the molecule is Nc1c(-c2ccccn2)c[nH]c1C(=O)O. The molecule has 0 spiro atoms. The lowest BCUT2D eigenvalue weighted by molar-refractivity contribution is 0.0692. The highest BCUT2D eigenvalue weighted by atomic mass is 16.4. The molecule has 15 heavy (non-hydrogen) atoms. The Morgan fingerprint density at radius 1 is 1.47 bits per heavy atom. The Kier molecular flexibility index (Phi) is 2.13. The number of rotatable bonds is 2. The van der Waals surface area contributed by atoms with Crippen molar-refractivity contribution in [1.82, 2.24) is 9.97 Å². The van der Waals surface area contributed by atoms with Crippen molar-refractivity contribution in [2.24, 2.45) is 0 Å². The van der Waals surface area contributed by atoms with Crippen LogP contribution in [-0.4, -0.2) is 21.0 Å². The molecule has 4 N–H and O–H groups in total. The van der Waals surface area contributed by atoms with E-state index in [1.807, 2.05) is 6.07 Å². The third-order valence-electron chi connectivity index (χ3n) is 2.08. The molecule has 0 aliphatic rings. The van der Waals surface area contributed by atoms with Crippen LogP contribution >= 0.6 is 0 Å². The number of pyridine rings is 1. The van der Waals surface area contributed by atoms with Crippen molar-refractivity contribution >= 4 is 11.7 Å². The van der Waals surface area contributed by atoms with Gasteiger partial charge in [-0.05, 0) is 12.1 Å². The second-order valence-electron chi connectivity index (χ2n) is 3.01. The van der Waals surface area contributed by atoms with Gasteiger partial charge in [-0.2, -0.15) is 0 Å². The fraction of sp³-hybridized carbons (Fsp3) is 0. The van der Waals surface area contributed by atoms with Crippen LogP contribution in [0.15, 0.2) is 30.6 Å². The molecule has 76 valence electrons. The van der Waals surface area contributed by atoms with Gasteiger partial charge in [0.25, 0.3) is 0 Å². The summed E-state index contributed by atoms with van der Waals surface area (Å²) in [7, 11) is 0. The molecule has 0 aromatic carbocycles. The molecule has 0 fully saturated rings. The smallest absolute Gasteiger partial charge is 0.354 e. The van der Waals surface area contributed by atoms with Gasteiger partial charge in [0.05, 0.1) is 11.4 Å². The number of anilines is 1. The molecule has 0 bridgehead atoms. The van der Waals surface area contributed by atoms with Gasteiger partial charge in [-0.15, -0.1) is 0 Å². The minimum Gasteiger partial charge on any atom is -0.477 e. The van der Waals surface area contributed by atoms with Crippen molar-refractivity contribution in [2.45, 2.75) is 0 Å². The van der Waals surface area contributed by atoms with Crippen LogP contribution in [-0.2, 0) is 0 Å². The zero-order valence-corrected chi connectivity index (χ0v) is 7.77. The van der Waals surface area contributed by atoms with Crippen LogP contribution in [0.2, 0.25) is 0 Å². The first-order chi connectivity index (χ1) is 7.20. The zero-order valence-electron chi connectivity index (χ0n) is 7.77. The molecule has 2 aromatic rings. The molecule has 0 amide bonds. The number of carboxylic acids is 1. The summed E-state index contributed by atoms with van der Waals surface area (Å²) in [6, 6.07) is 5.37. The maximum absolute atomic E-state index is 10.7. The highest BCUT2D eigenvalue weighted by molar-refractivity contribution is 5.96. The third-order valence-corrected chi connectivity index (χ3v) is 2.08. The van der Waals surface area contributed by atoms with Gasteiger partial charge < -0.3 is 15.8 Å². The van der Waals surface area contributed by atoms with E-state index in [4.69, 9.17) is 10.8 Å². The minimum absolute atomic E-state index is 0.00402. The van der Waals surface area contributed by atoms with Crippen molar-refractivity contribution < 1.29 is 9.90 Å². The number of H-pyrrole nitrogens is 1. The number of hydrogen-bond donors (Lipinski definition) is 3. The highest BCUT2D eigenvalue weighted by Gasteiger charge is 2.15. The number of aromatic amines is 1. The van der Waals surface area contributed by atoms with Gasteiger partial charge in [0.15, 0.2) is 0 Å². The molecular weight excluding hydrogens is 194 g/mol. The Hall–Kier alpha value is -2.30. The van der Waals surface area contributed by atoms with Crippen LogP contribution in [0.25, 0.3) is 11.3 Å². The van der Waals surface area contributed by atoms with Gasteiger partial charge in [0, 0.05) is 18.0 Å². The van der Waals surface area contributed by atoms with Crippen molar-refractivity contribution in [2.75, 3.05) is 5.73 Å². The molecule has 2 heterocycles. The van der Waals surface area contributed by atoms with Crippen molar-refractivity contribution in [3.8, 4) is 11.3 Å². The lowest BCUT2D eigenvalue weighted by Crippen LogP contribution is -2.01. The quantitative estimate of drug-likeness (QED) is 0.687. The summed E-state index contributed by atoms with van der Waals surface area (Å²) in [5.41, 5.74) is 7.15. The number of nitrogens with one attached hydrogen (secondary N) is 1. The number of nitrogen functional groups attached to an aromatic ring is 1. The minimum atomic E-state index is -1.07. The van der Waals surface area contributed by atoms with Crippen LogP contribution in [0, 0.1) is 0 Å². The number of aromatic carboxylic acids is 1. The Labute approximate surface area is 85.6 Å². The van der Waals surface area contributed by atoms with E-state index >= 15 is 0 Å². The van der Waals surface area contributed by atoms with E-state index in [2.05, 4.69) is 9.97 Å². The summed E-state index contributed by atoms with van der Waals surface area (Å²) >= 11 is 0. The average molecular weight is 203 g/mol. The van der Waals surface area contributed by atoms with Crippen molar-refractivity contribution in [3.05, 3.63) is 36.3 Å². The zero-order chi connectivity index (χ0) is 10.8. The molecule has 2 rings (SSSR count). The third kappa shape index (κ3) is 1.54. The summed E-state index contributed by atoms with van der Waals surface area (Å²) < 4.78 is 0. The maximum atomic E-state index is 10.7. The van der Waals surface area contributed by atoms with Gasteiger partial charge in [-0.1, -0.05) is 6.07 Å². The second-order valence-corrected chi connectivity index (χ2v) is 3.01. The normalized spacial score (nSPS) is 10.1. The Morgan fingerprint density at radius 2 is 2.27 bits per heavy atom. The van der Waals surface area contributed by atoms with Crippen LogP contribution < -0.4 is 5.73 Å². The Balaban J connectivity index is 2.52. The number of carbonyl (C=O) groups is 1. The van der Waals surface area contributed by atoms with E-state index in [0.717, 1.165) is 0 Å². The van der Waals surface area contributed by atoms with Crippen molar-refractivity contribution in [1.29, 1.82) is 0 Å². The molecule has 5 nitrogen and oxygen atoms in total. The average Bonchev–Trinajstić information content (AvgIpc) is 2.61. The van der Waals surface area contributed by atoms with E-state index in [1.54, 1.807) is 24.5 Å². The molecule has 0 atom stereocenters. The summed E-state index contributed by atoms with van der Waals surface area (Å²) in [4.78, 5) is 17.4. The van der Waals surface area contributed by atoms with E-state index < -0.39 is 5.97 Å². The van der Waals surface area contributed by atoms with E-state index in [0.29, 0.717) is 11.3 Å². The Bertz CT molecular complexity index is 491. The first kappa shape index (κ1) is 9.26. The fourth-order valence-corrected chi connectivity index (χ4v) is 1.35. The largest absolute Gasteiger partial charge is 0.477 e. The summed E-state index contributed by atoms with van der Waals surface area (Å²) in [6.45, 7) is 0. The van der Waals surface area contributed by atoms with Crippen LogP contribution in [0.3, 0.4) is 0 Å². The molecule has 5 heteroatoms. The van der Waals surface area contributed by atoms with Gasteiger partial charge >= 0.3 is 5.97 Å². The molecule has 0 radical (unpaired) electrons. The van der Waals surface area contributed by atoms with Gasteiger partial charge in [0.2, 0.25) is 0 Å². The summed E-state index contributed by atoms with van der Waals surface area (Å²) in [6.07, 6.45) is 3.17. The van der Waals surface area contributed by atoms with Gasteiger partial charge in [0.1, 0.15) is 5.69 Å². The van der Waals surface area contributed by atoms with Crippen LogP contribution in [0.5, 0.6) is 0 Å². The standard InChI is InChI=1S/C10H9N3O2/c11-8-6(5-13-9(8)10(14)15)7-3-1-2-4-12-7/h1-5,13H,11H2,(H,14,15). The van der Waals surface area contributed by atoms with E-state index in [1.165, 1.54) is 0 Å². The van der Waals surface area contributed by atoms with Crippen molar-refractivity contribution in [3.63, 3.8) is 0 Å². The molecule has 2 aromatic heterocycles. The predicted molar refractivity (Wildman–Crippen MR) is 55.4 cm³/mol. The molecule has 0 unspecified atom stereocenters. The van der Waals surface area contributed by atoms with Crippen LogP contribution in [0.1, 0.15) is 10.5 Å². The number of hydrogen-bond acceptors (Lipinski definition) is 3. The molecule has 0 saturated carbocycles. The highest BCUT2D eigenvalue weighted by Crippen LogP contribution is 2.26. The molecular formula is C10H9N3O2. The molecule has 0 aliphatic heterocycles. The summed E-state index contributed by atoms with van der Waals surface area (Å²) in [5.74, 6) is -1.07. The van der Waals surface area contributed by atoms with Crippen LogP contribution in [0.4, 0.5) is 5.69 Å². The summed E-state index contributed by atoms with van der Waals surface area (Å²) in [5, 5.41) is 8.79. The molecule has 0 saturated heterocycles. The number of nitrogens with zero attached hydrogens (tertiary/aromatic N) is 1. The monoisotopic (exact) mass is 203 g/mol. The lowest BCUT2D eigenvalue weighted by atomic mass is 10.2. The first-order valence-electron chi connectivity index (χ1n) is 4.31. The second kappa shape index (κ2) is 3.45. The number of nitrogens with two attached hydrogens (primary N) is 1. The maximum Gasteiger partial charge on any atom is 0.354 e. The Morgan fingerprint density at radius 3 is 2.80 bits per heavy atom. The molecule has 0 aliphatic carbocycles. The van der Waals surface area contributed by atoms with E-state index in [9.17, 15) is 4.79 Å². The topological polar surface area (TPSA) is 92.0 Å². The fourth-order valence-electron chi connectivity index (χ4n) is 1.35. The van der Waals surface area contributed by atoms with Gasteiger partial charge in [-0.3, -0.25) is 4.98 Å². The van der Waals surface area contributed by atoms with Gasteiger partial charge in [-0.25, -0.2) is 4.79 Å². The predicted octanol–water partition coefficient (Wildman–Crippen LogP) is 1.36.